The molecule has 0 aliphatic heterocycles. The lowest BCUT2D eigenvalue weighted by molar-refractivity contribution is -0.384. The van der Waals surface area contributed by atoms with Gasteiger partial charge in [0.05, 0.1) is 16.3 Å². The van der Waals surface area contributed by atoms with Crippen LogP contribution < -0.4 is 10.3 Å². The highest BCUT2D eigenvalue weighted by Crippen LogP contribution is 2.32. The highest BCUT2D eigenvalue weighted by atomic mass is 16.6. The smallest absolute Gasteiger partial charge is 0.294 e. The van der Waals surface area contributed by atoms with Crippen molar-refractivity contribution in [2.75, 3.05) is 16.9 Å². The van der Waals surface area contributed by atoms with Gasteiger partial charge < -0.3 is 9.32 Å². The van der Waals surface area contributed by atoms with Gasteiger partial charge in [-0.25, -0.2) is 0 Å². The van der Waals surface area contributed by atoms with Gasteiger partial charge in [0.15, 0.2) is 5.76 Å². The normalized spacial score (nSPS) is 14.1. The summed E-state index contributed by atoms with van der Waals surface area (Å²) in [6, 6.07) is 13.9. The monoisotopic (exact) mass is 446 g/mol. The van der Waals surface area contributed by atoms with Gasteiger partial charge in [0, 0.05) is 41.9 Å². The van der Waals surface area contributed by atoms with Crippen LogP contribution in [0.2, 0.25) is 0 Å². The summed E-state index contributed by atoms with van der Waals surface area (Å²) in [5, 5.41) is 15.4. The first-order chi connectivity index (χ1) is 15.9. The number of aryl methyl sites for hydroxylation is 2. The van der Waals surface area contributed by atoms with Crippen molar-refractivity contribution in [1.29, 1.82) is 0 Å². The minimum atomic E-state index is -0.438. The van der Waals surface area contributed by atoms with Gasteiger partial charge in [-0.2, -0.15) is 5.10 Å². The predicted molar refractivity (Wildman–Crippen MR) is 128 cm³/mol. The van der Waals surface area contributed by atoms with Crippen molar-refractivity contribution in [2.24, 2.45) is 5.10 Å². The SMILES string of the molecule is CCN(C(=O)c1oc2c(c1C)/C(=N/Nc1ccc([N+](=O)[O-])cc1)CCC2)c1cccc(C)c1. The molecule has 1 aromatic heterocycles. The summed E-state index contributed by atoms with van der Waals surface area (Å²) in [7, 11) is 0. The fourth-order valence-electron chi connectivity index (χ4n) is 4.14. The second-order valence-electron chi connectivity index (χ2n) is 8.07. The largest absolute Gasteiger partial charge is 0.455 e. The van der Waals surface area contributed by atoms with E-state index in [1.807, 2.05) is 45.0 Å². The van der Waals surface area contributed by atoms with Crippen LogP contribution in [0.25, 0.3) is 0 Å². The molecule has 8 nitrogen and oxygen atoms in total. The summed E-state index contributed by atoms with van der Waals surface area (Å²) in [4.78, 5) is 25.5. The van der Waals surface area contributed by atoms with Crippen molar-refractivity contribution in [3.63, 3.8) is 0 Å². The first-order valence-corrected chi connectivity index (χ1v) is 11.0. The van der Waals surface area contributed by atoms with E-state index in [0.29, 0.717) is 18.0 Å². The first kappa shape index (κ1) is 22.3. The van der Waals surface area contributed by atoms with Gasteiger partial charge in [-0.3, -0.25) is 20.3 Å². The molecule has 0 radical (unpaired) electrons. The Balaban J connectivity index is 1.62. The molecule has 1 aliphatic carbocycles. The number of hydrogen-bond acceptors (Lipinski definition) is 6. The molecule has 4 rings (SSSR count). The van der Waals surface area contributed by atoms with Crippen molar-refractivity contribution < 1.29 is 14.1 Å². The number of carbonyl (C=O) groups is 1. The Morgan fingerprint density at radius 1 is 1.18 bits per heavy atom. The topological polar surface area (TPSA) is 101 Å². The lowest BCUT2D eigenvalue weighted by atomic mass is 9.93. The molecular weight excluding hydrogens is 420 g/mol. The Morgan fingerprint density at radius 2 is 1.94 bits per heavy atom. The maximum Gasteiger partial charge on any atom is 0.294 e. The molecule has 1 aliphatic rings. The lowest BCUT2D eigenvalue weighted by Gasteiger charge is -2.20. The summed E-state index contributed by atoms with van der Waals surface area (Å²) < 4.78 is 6.08. The summed E-state index contributed by atoms with van der Waals surface area (Å²) in [5.74, 6) is 0.942. The molecule has 0 unspecified atom stereocenters. The van der Waals surface area contributed by atoms with Crippen LogP contribution in [0, 0.1) is 24.0 Å². The number of hydrogen-bond donors (Lipinski definition) is 1. The van der Waals surface area contributed by atoms with Gasteiger partial charge in [0.2, 0.25) is 0 Å². The zero-order chi connectivity index (χ0) is 23.5. The van der Waals surface area contributed by atoms with Gasteiger partial charge in [0.25, 0.3) is 11.6 Å². The molecule has 33 heavy (non-hydrogen) atoms. The fourth-order valence-corrected chi connectivity index (χ4v) is 4.14. The third-order valence-electron chi connectivity index (χ3n) is 5.79. The van der Waals surface area contributed by atoms with Crippen molar-refractivity contribution in [3.05, 3.63) is 86.9 Å². The standard InChI is InChI=1S/C25H26N4O4/c1-4-28(20-8-5-7-16(2)15-20)25(30)24-17(3)23-21(9-6-10-22(23)33-24)27-26-18-11-13-19(14-12-18)29(31)32/h5,7-8,11-15,26H,4,6,9-10H2,1-3H3/b27-21+. The number of nitro benzene ring substituents is 1. The number of anilines is 2. The average molecular weight is 447 g/mol. The molecule has 0 saturated heterocycles. The van der Waals surface area contributed by atoms with Gasteiger partial charge >= 0.3 is 0 Å². The number of amides is 1. The maximum atomic E-state index is 13.4. The zero-order valence-corrected chi connectivity index (χ0v) is 18.9. The quantitative estimate of drug-likeness (QED) is 0.391. The lowest BCUT2D eigenvalue weighted by Crippen LogP contribution is -2.30. The summed E-state index contributed by atoms with van der Waals surface area (Å²) in [6.45, 7) is 6.36. The highest BCUT2D eigenvalue weighted by Gasteiger charge is 2.30. The number of non-ortho nitro benzene ring substituents is 1. The van der Waals surface area contributed by atoms with E-state index in [-0.39, 0.29) is 11.6 Å². The van der Waals surface area contributed by atoms with E-state index >= 15 is 0 Å². The molecule has 0 saturated carbocycles. The minimum absolute atomic E-state index is 0.0241. The number of benzene rings is 2. The van der Waals surface area contributed by atoms with Crippen LogP contribution in [0.1, 0.15) is 52.8 Å². The van der Waals surface area contributed by atoms with E-state index in [2.05, 4.69) is 10.5 Å². The molecule has 1 heterocycles. The van der Waals surface area contributed by atoms with E-state index in [0.717, 1.165) is 53.1 Å². The molecule has 0 spiro atoms. The molecule has 0 fully saturated rings. The Kier molecular flexibility index (Phi) is 6.26. The minimum Gasteiger partial charge on any atom is -0.455 e. The summed E-state index contributed by atoms with van der Waals surface area (Å²) >= 11 is 0. The van der Waals surface area contributed by atoms with Crippen LogP contribution in [0.15, 0.2) is 58.0 Å². The van der Waals surface area contributed by atoms with Gasteiger partial charge in [-0.1, -0.05) is 12.1 Å². The molecule has 0 atom stereocenters. The van der Waals surface area contributed by atoms with Crippen LogP contribution in [-0.4, -0.2) is 23.1 Å². The van der Waals surface area contributed by atoms with Gasteiger partial charge in [-0.05, 0) is 63.4 Å². The molecule has 2 aromatic carbocycles. The van der Waals surface area contributed by atoms with Gasteiger partial charge in [0.1, 0.15) is 5.76 Å². The highest BCUT2D eigenvalue weighted by molar-refractivity contribution is 6.10. The number of nitrogens with one attached hydrogen (secondary N) is 1. The Morgan fingerprint density at radius 3 is 2.61 bits per heavy atom. The second kappa shape index (κ2) is 9.28. The zero-order valence-electron chi connectivity index (χ0n) is 18.9. The number of furan rings is 1. The van der Waals surface area contributed by atoms with Crippen molar-refractivity contribution in [2.45, 2.75) is 40.0 Å². The van der Waals surface area contributed by atoms with Crippen molar-refractivity contribution in [1.82, 2.24) is 0 Å². The van der Waals surface area contributed by atoms with E-state index in [4.69, 9.17) is 4.42 Å². The number of rotatable bonds is 6. The number of carbonyl (C=O) groups excluding carboxylic acids is 1. The maximum absolute atomic E-state index is 13.4. The predicted octanol–water partition coefficient (Wildman–Crippen LogP) is 5.62. The number of hydrazone groups is 1. The summed E-state index contributed by atoms with van der Waals surface area (Å²) in [6.07, 6.45) is 2.36. The molecule has 170 valence electrons. The average Bonchev–Trinajstić information content (AvgIpc) is 3.15. The molecule has 3 aromatic rings. The van der Waals surface area contributed by atoms with E-state index in [1.165, 1.54) is 12.1 Å². The van der Waals surface area contributed by atoms with Crippen LogP contribution >= 0.6 is 0 Å². The van der Waals surface area contributed by atoms with Crippen LogP contribution in [0.5, 0.6) is 0 Å². The number of nitro groups is 1. The second-order valence-corrected chi connectivity index (χ2v) is 8.07. The molecule has 1 N–H and O–H groups in total. The Labute approximate surface area is 192 Å². The molecule has 8 heteroatoms. The Bertz CT molecular complexity index is 1230. The van der Waals surface area contributed by atoms with Crippen molar-refractivity contribution in [3.8, 4) is 0 Å². The van der Waals surface area contributed by atoms with Crippen LogP contribution in [0.4, 0.5) is 17.1 Å². The van der Waals surface area contributed by atoms with E-state index in [1.54, 1.807) is 17.0 Å². The van der Waals surface area contributed by atoms with Gasteiger partial charge in [-0.15, -0.1) is 0 Å². The van der Waals surface area contributed by atoms with Crippen LogP contribution in [0.3, 0.4) is 0 Å². The summed E-state index contributed by atoms with van der Waals surface area (Å²) in [5.41, 5.74) is 8.05. The molecular formula is C25H26N4O4. The van der Waals surface area contributed by atoms with Crippen LogP contribution in [-0.2, 0) is 6.42 Å². The molecule has 1 amide bonds. The van der Waals surface area contributed by atoms with E-state index in [9.17, 15) is 14.9 Å². The third-order valence-corrected chi connectivity index (χ3v) is 5.79. The number of fused-ring (bicyclic) bond motifs is 1. The third kappa shape index (κ3) is 4.50. The fraction of sp³-hybridized carbons (Fsp3) is 0.280. The first-order valence-electron chi connectivity index (χ1n) is 11.0. The Hall–Kier alpha value is -3.94. The molecule has 0 bridgehead atoms. The van der Waals surface area contributed by atoms with Crippen molar-refractivity contribution >= 4 is 28.7 Å². The number of nitrogens with zero attached hydrogens (tertiary/aromatic N) is 3. The van der Waals surface area contributed by atoms with E-state index < -0.39 is 4.92 Å².